The van der Waals surface area contributed by atoms with E-state index < -0.39 is 0 Å². The minimum Gasteiger partial charge on any atom is -0.381 e. The maximum absolute atomic E-state index is 5.38. The lowest BCUT2D eigenvalue weighted by molar-refractivity contribution is 0.0772. The van der Waals surface area contributed by atoms with Crippen molar-refractivity contribution in [2.75, 3.05) is 32.8 Å². The third kappa shape index (κ3) is 5.31. The predicted molar refractivity (Wildman–Crippen MR) is 79.2 cm³/mol. The van der Waals surface area contributed by atoms with Crippen molar-refractivity contribution in [3.05, 3.63) is 35.9 Å². The van der Waals surface area contributed by atoms with E-state index in [4.69, 9.17) is 4.74 Å². The Labute approximate surface area is 116 Å². The fraction of sp³-hybridized carbons (Fsp3) is 0.625. The van der Waals surface area contributed by atoms with E-state index in [1.54, 1.807) is 0 Å². The van der Waals surface area contributed by atoms with Crippen LogP contribution in [0.15, 0.2) is 30.3 Å². The molecule has 1 fully saturated rings. The minimum absolute atomic E-state index is 0.657. The van der Waals surface area contributed by atoms with Gasteiger partial charge in [-0.05, 0) is 24.9 Å². The molecule has 0 radical (unpaired) electrons. The van der Waals surface area contributed by atoms with Crippen molar-refractivity contribution in [3.8, 4) is 0 Å². The van der Waals surface area contributed by atoms with Crippen LogP contribution in [-0.4, -0.2) is 43.8 Å². The Morgan fingerprint density at radius 1 is 1.21 bits per heavy atom. The molecule has 0 unspecified atom stereocenters. The molecule has 0 saturated carbocycles. The molecule has 0 bridgehead atoms. The molecule has 1 aromatic carbocycles. The fourth-order valence-electron chi connectivity index (χ4n) is 2.52. The van der Waals surface area contributed by atoms with Crippen LogP contribution in [0.5, 0.6) is 0 Å². The number of nitrogens with zero attached hydrogens (tertiary/aromatic N) is 1. The molecule has 106 valence electrons. The number of benzene rings is 1. The number of nitrogens with one attached hydrogen (secondary N) is 1. The minimum atomic E-state index is 0.657. The molecule has 0 aromatic heterocycles. The average molecular weight is 262 g/mol. The van der Waals surface area contributed by atoms with Crippen LogP contribution >= 0.6 is 0 Å². The monoisotopic (exact) mass is 262 g/mol. The standard InChI is InChI=1S/C16H26N2O/c1-2-18(14-15-6-4-3-5-7-15)11-10-17-16-8-12-19-13-9-16/h3-7,16-17H,2,8-14H2,1H3. The summed E-state index contributed by atoms with van der Waals surface area (Å²) >= 11 is 0. The van der Waals surface area contributed by atoms with E-state index in [1.165, 1.54) is 5.56 Å². The Hall–Kier alpha value is -0.900. The highest BCUT2D eigenvalue weighted by molar-refractivity contribution is 5.14. The second kappa shape index (κ2) is 8.31. The van der Waals surface area contributed by atoms with Crippen LogP contribution < -0.4 is 5.32 Å². The van der Waals surface area contributed by atoms with Crippen LogP contribution in [0.4, 0.5) is 0 Å². The number of hydrogen-bond acceptors (Lipinski definition) is 3. The van der Waals surface area contributed by atoms with Crippen LogP contribution in [0.25, 0.3) is 0 Å². The van der Waals surface area contributed by atoms with E-state index in [-0.39, 0.29) is 0 Å². The summed E-state index contributed by atoms with van der Waals surface area (Å²) < 4.78 is 5.38. The van der Waals surface area contributed by atoms with E-state index in [0.29, 0.717) is 6.04 Å². The first-order chi connectivity index (χ1) is 9.38. The van der Waals surface area contributed by atoms with Crippen molar-refractivity contribution in [2.24, 2.45) is 0 Å². The predicted octanol–water partition coefficient (Wildman–Crippen LogP) is 2.28. The number of rotatable bonds is 7. The third-order valence-electron chi connectivity index (χ3n) is 3.78. The van der Waals surface area contributed by atoms with Crippen molar-refractivity contribution in [2.45, 2.75) is 32.4 Å². The molecular weight excluding hydrogens is 236 g/mol. The van der Waals surface area contributed by atoms with Gasteiger partial charge in [0.2, 0.25) is 0 Å². The molecule has 0 aliphatic carbocycles. The quantitative estimate of drug-likeness (QED) is 0.816. The van der Waals surface area contributed by atoms with Crippen molar-refractivity contribution in [1.29, 1.82) is 0 Å². The SMILES string of the molecule is CCN(CCNC1CCOCC1)Cc1ccccc1. The Morgan fingerprint density at radius 2 is 1.95 bits per heavy atom. The van der Waals surface area contributed by atoms with E-state index in [0.717, 1.165) is 52.2 Å². The van der Waals surface area contributed by atoms with Gasteiger partial charge in [0, 0.05) is 38.9 Å². The van der Waals surface area contributed by atoms with Crippen LogP contribution in [0.1, 0.15) is 25.3 Å². The Kier molecular flexibility index (Phi) is 6.34. The van der Waals surface area contributed by atoms with E-state index in [2.05, 4.69) is 47.5 Å². The highest BCUT2D eigenvalue weighted by Crippen LogP contribution is 2.06. The van der Waals surface area contributed by atoms with Crippen LogP contribution in [0.3, 0.4) is 0 Å². The zero-order valence-electron chi connectivity index (χ0n) is 12.0. The highest BCUT2D eigenvalue weighted by atomic mass is 16.5. The summed E-state index contributed by atoms with van der Waals surface area (Å²) in [5.74, 6) is 0. The molecule has 2 rings (SSSR count). The van der Waals surface area contributed by atoms with Gasteiger partial charge in [-0.25, -0.2) is 0 Å². The van der Waals surface area contributed by atoms with Crippen LogP contribution in [0, 0.1) is 0 Å². The smallest absolute Gasteiger partial charge is 0.0480 e. The normalized spacial score (nSPS) is 16.9. The summed E-state index contributed by atoms with van der Waals surface area (Å²) in [4.78, 5) is 2.49. The Balaban J connectivity index is 1.67. The lowest BCUT2D eigenvalue weighted by Crippen LogP contribution is -2.39. The Bertz CT molecular complexity index is 336. The molecule has 3 heteroatoms. The van der Waals surface area contributed by atoms with Crippen molar-refractivity contribution in [1.82, 2.24) is 10.2 Å². The molecule has 0 spiro atoms. The Morgan fingerprint density at radius 3 is 2.63 bits per heavy atom. The molecule has 0 amide bonds. The molecule has 1 aliphatic heterocycles. The van der Waals surface area contributed by atoms with Gasteiger partial charge in [0.05, 0.1) is 0 Å². The zero-order valence-corrected chi connectivity index (χ0v) is 12.0. The third-order valence-corrected chi connectivity index (χ3v) is 3.78. The highest BCUT2D eigenvalue weighted by Gasteiger charge is 2.13. The summed E-state index contributed by atoms with van der Waals surface area (Å²) in [5.41, 5.74) is 1.40. The van der Waals surface area contributed by atoms with Gasteiger partial charge in [0.1, 0.15) is 0 Å². The van der Waals surface area contributed by atoms with Gasteiger partial charge in [-0.1, -0.05) is 37.3 Å². The fourth-order valence-corrected chi connectivity index (χ4v) is 2.52. The van der Waals surface area contributed by atoms with Crippen molar-refractivity contribution < 1.29 is 4.74 Å². The average Bonchev–Trinajstić information content (AvgIpc) is 2.48. The second-order valence-corrected chi connectivity index (χ2v) is 5.20. The lowest BCUT2D eigenvalue weighted by atomic mass is 10.1. The molecule has 1 heterocycles. The largest absolute Gasteiger partial charge is 0.381 e. The molecule has 1 N–H and O–H groups in total. The van der Waals surface area contributed by atoms with Gasteiger partial charge in [0.15, 0.2) is 0 Å². The van der Waals surface area contributed by atoms with Crippen molar-refractivity contribution in [3.63, 3.8) is 0 Å². The molecule has 3 nitrogen and oxygen atoms in total. The van der Waals surface area contributed by atoms with Gasteiger partial charge >= 0.3 is 0 Å². The maximum atomic E-state index is 5.38. The van der Waals surface area contributed by atoms with Gasteiger partial charge in [-0.2, -0.15) is 0 Å². The number of hydrogen-bond donors (Lipinski definition) is 1. The van der Waals surface area contributed by atoms with Gasteiger partial charge in [0.25, 0.3) is 0 Å². The summed E-state index contributed by atoms with van der Waals surface area (Å²) in [6.07, 6.45) is 2.32. The summed E-state index contributed by atoms with van der Waals surface area (Å²) in [7, 11) is 0. The van der Waals surface area contributed by atoms with Crippen LogP contribution in [0.2, 0.25) is 0 Å². The second-order valence-electron chi connectivity index (χ2n) is 5.20. The maximum Gasteiger partial charge on any atom is 0.0480 e. The molecule has 1 aromatic rings. The molecule has 0 atom stereocenters. The first-order valence-electron chi connectivity index (χ1n) is 7.46. The lowest BCUT2D eigenvalue weighted by Gasteiger charge is -2.26. The topological polar surface area (TPSA) is 24.5 Å². The van der Waals surface area contributed by atoms with Gasteiger partial charge < -0.3 is 10.1 Å². The first kappa shape index (κ1) is 14.5. The van der Waals surface area contributed by atoms with E-state index in [1.807, 2.05) is 0 Å². The molecule has 1 saturated heterocycles. The molecule has 19 heavy (non-hydrogen) atoms. The van der Waals surface area contributed by atoms with Gasteiger partial charge in [-0.3, -0.25) is 4.90 Å². The molecule has 1 aliphatic rings. The summed E-state index contributed by atoms with van der Waals surface area (Å²) in [6, 6.07) is 11.4. The summed E-state index contributed by atoms with van der Waals surface area (Å²) in [5, 5.41) is 3.65. The zero-order chi connectivity index (χ0) is 13.3. The molecular formula is C16H26N2O. The summed E-state index contributed by atoms with van der Waals surface area (Å²) in [6.45, 7) is 8.40. The van der Waals surface area contributed by atoms with Crippen molar-refractivity contribution >= 4 is 0 Å². The van der Waals surface area contributed by atoms with Gasteiger partial charge in [-0.15, -0.1) is 0 Å². The van der Waals surface area contributed by atoms with E-state index in [9.17, 15) is 0 Å². The number of likely N-dealkylation sites (N-methyl/N-ethyl adjacent to an activating group) is 1. The van der Waals surface area contributed by atoms with E-state index >= 15 is 0 Å². The number of ether oxygens (including phenoxy) is 1. The first-order valence-corrected chi connectivity index (χ1v) is 7.46. The van der Waals surface area contributed by atoms with Crippen LogP contribution in [-0.2, 0) is 11.3 Å².